The van der Waals surface area contributed by atoms with E-state index < -0.39 is 5.97 Å². The summed E-state index contributed by atoms with van der Waals surface area (Å²) in [4.78, 5) is 16.0. The Labute approximate surface area is 90.4 Å². The number of aromatic nitrogens is 3. The maximum absolute atomic E-state index is 11.1. The molecule has 0 aliphatic heterocycles. The highest BCUT2D eigenvalue weighted by Gasteiger charge is 2.20. The molecular formula is C9H11N3O2S. The summed E-state index contributed by atoms with van der Waals surface area (Å²) in [6, 6.07) is 0. The monoisotopic (exact) mass is 225 g/mol. The lowest BCUT2D eigenvalue weighted by Gasteiger charge is -1.93. The number of aryl methyl sites for hydroxylation is 2. The van der Waals surface area contributed by atoms with E-state index in [1.54, 1.807) is 0 Å². The molecule has 5 nitrogen and oxygen atoms in total. The van der Waals surface area contributed by atoms with Crippen molar-refractivity contribution in [1.29, 1.82) is 0 Å². The van der Waals surface area contributed by atoms with Gasteiger partial charge in [-0.1, -0.05) is 25.2 Å². The lowest BCUT2D eigenvalue weighted by Crippen LogP contribution is -2.06. The Bertz CT molecular complexity index is 515. The van der Waals surface area contributed by atoms with Crippen LogP contribution in [0.5, 0.6) is 0 Å². The second-order valence-electron chi connectivity index (χ2n) is 3.11. The van der Waals surface area contributed by atoms with Gasteiger partial charge in [0.2, 0.25) is 4.96 Å². The van der Waals surface area contributed by atoms with Crippen LogP contribution in [-0.4, -0.2) is 25.7 Å². The predicted octanol–water partition coefficient (Wildman–Crippen LogP) is 1.61. The van der Waals surface area contributed by atoms with Crippen LogP contribution in [0.4, 0.5) is 0 Å². The minimum atomic E-state index is -0.965. The fraction of sp³-hybridized carbons (Fsp3) is 0.444. The quantitative estimate of drug-likeness (QED) is 0.861. The van der Waals surface area contributed by atoms with Crippen LogP contribution in [0.2, 0.25) is 0 Å². The van der Waals surface area contributed by atoms with Crippen LogP contribution in [0.1, 0.15) is 35.0 Å². The fourth-order valence-corrected chi connectivity index (χ4v) is 2.29. The summed E-state index contributed by atoms with van der Waals surface area (Å²) in [5.74, 6) is -0.965. The molecule has 0 saturated heterocycles. The third kappa shape index (κ3) is 1.50. The van der Waals surface area contributed by atoms with Gasteiger partial charge in [-0.25, -0.2) is 9.78 Å². The molecule has 2 rings (SSSR count). The standard InChI is InChI=1S/C9H11N3O2S/c1-3-5-7(8(13)14)12-9(10-5)15-6(4-2)11-12/h3-4H2,1-2H3,(H,13,14). The van der Waals surface area contributed by atoms with Gasteiger partial charge in [0, 0.05) is 0 Å². The van der Waals surface area contributed by atoms with E-state index in [2.05, 4.69) is 10.1 Å². The van der Waals surface area contributed by atoms with E-state index in [4.69, 9.17) is 5.11 Å². The van der Waals surface area contributed by atoms with Gasteiger partial charge < -0.3 is 5.11 Å². The molecule has 2 aromatic rings. The number of rotatable bonds is 3. The summed E-state index contributed by atoms with van der Waals surface area (Å²) in [6.07, 6.45) is 1.41. The fourth-order valence-electron chi connectivity index (χ4n) is 1.43. The molecule has 2 aromatic heterocycles. The normalized spacial score (nSPS) is 11.1. The molecule has 0 atom stereocenters. The lowest BCUT2D eigenvalue weighted by molar-refractivity contribution is 0.0686. The second kappa shape index (κ2) is 3.62. The molecule has 0 unspecified atom stereocenters. The van der Waals surface area contributed by atoms with Gasteiger partial charge in [0.05, 0.1) is 5.69 Å². The van der Waals surface area contributed by atoms with Crippen LogP contribution < -0.4 is 0 Å². The van der Waals surface area contributed by atoms with Crippen molar-refractivity contribution in [3.05, 3.63) is 16.4 Å². The van der Waals surface area contributed by atoms with Crippen LogP contribution in [0, 0.1) is 0 Å². The van der Waals surface area contributed by atoms with Crippen LogP contribution in [0.25, 0.3) is 4.96 Å². The summed E-state index contributed by atoms with van der Waals surface area (Å²) in [6.45, 7) is 3.87. The van der Waals surface area contributed by atoms with Gasteiger partial charge in [-0.05, 0) is 12.8 Å². The molecule has 0 aliphatic rings. The molecular weight excluding hydrogens is 214 g/mol. The first kappa shape index (κ1) is 10.1. The van der Waals surface area contributed by atoms with Crippen molar-refractivity contribution in [3.8, 4) is 0 Å². The minimum Gasteiger partial charge on any atom is -0.476 e. The number of hydrogen-bond acceptors (Lipinski definition) is 4. The Hall–Kier alpha value is -1.43. The third-order valence-electron chi connectivity index (χ3n) is 2.16. The maximum atomic E-state index is 11.1. The molecule has 0 spiro atoms. The number of hydrogen-bond donors (Lipinski definition) is 1. The largest absolute Gasteiger partial charge is 0.476 e. The van der Waals surface area contributed by atoms with Crippen LogP contribution >= 0.6 is 11.3 Å². The number of aromatic carboxylic acids is 1. The molecule has 2 heterocycles. The van der Waals surface area contributed by atoms with Gasteiger partial charge in [-0.15, -0.1) is 0 Å². The van der Waals surface area contributed by atoms with Crippen molar-refractivity contribution in [1.82, 2.24) is 14.6 Å². The Kier molecular flexibility index (Phi) is 2.44. The average molecular weight is 225 g/mol. The number of carboxylic acid groups (broad SMARTS) is 1. The molecule has 0 amide bonds. The minimum absolute atomic E-state index is 0.198. The first-order valence-electron chi connectivity index (χ1n) is 4.78. The zero-order valence-corrected chi connectivity index (χ0v) is 9.34. The maximum Gasteiger partial charge on any atom is 0.356 e. The van der Waals surface area contributed by atoms with Crippen LogP contribution in [0.15, 0.2) is 0 Å². The molecule has 6 heteroatoms. The number of nitrogens with zero attached hydrogens (tertiary/aromatic N) is 3. The second-order valence-corrected chi connectivity index (χ2v) is 4.15. The summed E-state index contributed by atoms with van der Waals surface area (Å²) in [5.41, 5.74) is 0.798. The first-order valence-corrected chi connectivity index (χ1v) is 5.59. The number of carboxylic acids is 1. The van der Waals surface area contributed by atoms with E-state index in [0.29, 0.717) is 17.1 Å². The molecule has 1 N–H and O–H groups in total. The summed E-state index contributed by atoms with van der Waals surface area (Å²) in [7, 11) is 0. The molecule has 0 aromatic carbocycles. The molecule has 80 valence electrons. The smallest absolute Gasteiger partial charge is 0.356 e. The summed E-state index contributed by atoms with van der Waals surface area (Å²) in [5, 5.41) is 14.2. The van der Waals surface area contributed by atoms with Crippen molar-refractivity contribution in [2.45, 2.75) is 26.7 Å². The van der Waals surface area contributed by atoms with Crippen molar-refractivity contribution in [2.24, 2.45) is 0 Å². The van der Waals surface area contributed by atoms with Gasteiger partial charge in [0.1, 0.15) is 5.01 Å². The highest BCUT2D eigenvalue weighted by Crippen LogP contribution is 2.19. The number of fused-ring (bicyclic) bond motifs is 1. The van der Waals surface area contributed by atoms with E-state index in [1.165, 1.54) is 15.9 Å². The molecule has 0 fully saturated rings. The SMILES string of the molecule is CCc1nn2c(C(=O)O)c(CC)nc2s1. The van der Waals surface area contributed by atoms with E-state index in [0.717, 1.165) is 11.4 Å². The highest BCUT2D eigenvalue weighted by molar-refractivity contribution is 7.16. The van der Waals surface area contributed by atoms with E-state index in [9.17, 15) is 4.79 Å². The molecule has 15 heavy (non-hydrogen) atoms. The highest BCUT2D eigenvalue weighted by atomic mass is 32.1. The Morgan fingerprint density at radius 2 is 2.20 bits per heavy atom. The van der Waals surface area contributed by atoms with Crippen molar-refractivity contribution < 1.29 is 9.90 Å². The van der Waals surface area contributed by atoms with Gasteiger partial charge in [0.15, 0.2) is 5.69 Å². The molecule has 0 radical (unpaired) electrons. The van der Waals surface area contributed by atoms with Crippen molar-refractivity contribution in [2.75, 3.05) is 0 Å². The Balaban J connectivity index is 2.69. The average Bonchev–Trinajstić information content (AvgIpc) is 2.71. The zero-order chi connectivity index (χ0) is 11.0. The predicted molar refractivity (Wildman–Crippen MR) is 56.6 cm³/mol. The first-order chi connectivity index (χ1) is 7.17. The van der Waals surface area contributed by atoms with Crippen LogP contribution in [-0.2, 0) is 12.8 Å². The van der Waals surface area contributed by atoms with Crippen molar-refractivity contribution in [3.63, 3.8) is 0 Å². The Morgan fingerprint density at radius 1 is 1.47 bits per heavy atom. The lowest BCUT2D eigenvalue weighted by atomic mass is 10.3. The van der Waals surface area contributed by atoms with Crippen molar-refractivity contribution >= 4 is 22.3 Å². The van der Waals surface area contributed by atoms with Crippen LogP contribution in [0.3, 0.4) is 0 Å². The van der Waals surface area contributed by atoms with E-state index in [-0.39, 0.29) is 5.69 Å². The number of imidazole rings is 1. The zero-order valence-electron chi connectivity index (χ0n) is 8.52. The number of carbonyl (C=O) groups is 1. The van der Waals surface area contributed by atoms with Gasteiger partial charge >= 0.3 is 5.97 Å². The molecule has 0 saturated carbocycles. The molecule has 0 bridgehead atoms. The third-order valence-corrected chi connectivity index (χ3v) is 3.21. The van der Waals surface area contributed by atoms with E-state index >= 15 is 0 Å². The summed E-state index contributed by atoms with van der Waals surface area (Å²) >= 11 is 1.44. The van der Waals surface area contributed by atoms with Gasteiger partial charge in [-0.2, -0.15) is 9.61 Å². The molecule has 0 aliphatic carbocycles. The summed E-state index contributed by atoms with van der Waals surface area (Å²) < 4.78 is 1.44. The Morgan fingerprint density at radius 3 is 2.73 bits per heavy atom. The van der Waals surface area contributed by atoms with Gasteiger partial charge in [-0.3, -0.25) is 0 Å². The van der Waals surface area contributed by atoms with E-state index in [1.807, 2.05) is 13.8 Å². The van der Waals surface area contributed by atoms with Gasteiger partial charge in [0.25, 0.3) is 0 Å². The topological polar surface area (TPSA) is 67.5 Å².